The third-order valence-corrected chi connectivity index (χ3v) is 12.4. The van der Waals surface area contributed by atoms with Gasteiger partial charge in [0.2, 0.25) is 0 Å². The highest BCUT2D eigenvalue weighted by Gasteiger charge is 2.42. The zero-order valence-corrected chi connectivity index (χ0v) is 34.3. The number of hydrogen-bond donors (Lipinski definition) is 0. The number of benzene rings is 9. The average molecular weight is 797 g/mol. The number of hydrogen-bond acceptors (Lipinski definition) is 2. The first-order chi connectivity index (χ1) is 30.5. The van der Waals surface area contributed by atoms with Crippen LogP contribution in [0.1, 0.15) is 31.8 Å². The number of anilines is 1. The first kappa shape index (κ1) is 37.0. The Kier molecular flexibility index (Phi) is 8.87. The molecule has 0 radical (unpaired) electrons. The molecule has 4 heteroatoms. The van der Waals surface area contributed by atoms with Gasteiger partial charge in [-0.25, -0.2) is 4.90 Å². The van der Waals surface area contributed by atoms with Crippen molar-refractivity contribution >= 4 is 39.3 Å². The fourth-order valence-electron chi connectivity index (χ4n) is 9.55. The largest absolute Gasteiger partial charge is 0.307 e. The second-order valence-corrected chi connectivity index (χ2v) is 16.0. The molecule has 0 spiro atoms. The summed E-state index contributed by atoms with van der Waals surface area (Å²) < 4.78 is 2.26. The van der Waals surface area contributed by atoms with Crippen molar-refractivity contribution in [3.8, 4) is 61.3 Å². The number of aryl methyl sites for hydroxylation is 2. The maximum absolute atomic E-state index is 15.8. The fourth-order valence-corrected chi connectivity index (χ4v) is 9.55. The lowest BCUT2D eigenvalue weighted by atomic mass is 9.90. The maximum atomic E-state index is 15.8. The molecular weight excluding hydrogens is 757 g/mol. The molecule has 0 N–H and O–H groups in total. The van der Waals surface area contributed by atoms with E-state index in [0.717, 1.165) is 88.6 Å². The molecule has 0 saturated heterocycles. The van der Waals surface area contributed by atoms with Crippen LogP contribution in [0, 0.1) is 13.8 Å². The summed E-state index contributed by atoms with van der Waals surface area (Å²) in [5.41, 5.74) is 16.0. The number of para-hydroxylation sites is 2. The molecule has 0 aliphatic carbocycles. The van der Waals surface area contributed by atoms with Crippen molar-refractivity contribution in [2.45, 2.75) is 13.8 Å². The summed E-state index contributed by atoms with van der Waals surface area (Å²) in [5.74, 6) is -0.716. The first-order valence-electron chi connectivity index (χ1n) is 21.0. The molecule has 0 bridgehead atoms. The molecule has 9 aromatic carbocycles. The van der Waals surface area contributed by atoms with E-state index in [0.29, 0.717) is 22.5 Å². The average Bonchev–Trinajstić information content (AvgIpc) is 3.80. The minimum Gasteiger partial charge on any atom is -0.307 e. The molecule has 0 fully saturated rings. The Morgan fingerprint density at radius 2 is 0.758 bits per heavy atom. The molecule has 1 aliphatic rings. The Bertz CT molecular complexity index is 3240. The highest BCUT2D eigenvalue weighted by atomic mass is 16.2. The maximum Gasteiger partial charge on any atom is 0.268 e. The minimum atomic E-state index is -0.362. The highest BCUT2D eigenvalue weighted by molar-refractivity contribution is 6.37. The fraction of sp³-hybridized carbons (Fsp3) is 0.0345. The second kappa shape index (κ2) is 14.9. The van der Waals surface area contributed by atoms with Crippen LogP contribution in [-0.2, 0) is 0 Å². The predicted octanol–water partition coefficient (Wildman–Crippen LogP) is 14.5. The summed E-state index contributed by atoms with van der Waals surface area (Å²) in [6, 6.07) is 70.2. The number of carbonyl (C=O) groups is 2. The van der Waals surface area contributed by atoms with E-state index in [1.165, 1.54) is 4.90 Å². The van der Waals surface area contributed by atoms with Gasteiger partial charge < -0.3 is 4.57 Å². The summed E-state index contributed by atoms with van der Waals surface area (Å²) in [4.78, 5) is 32.6. The molecule has 11 rings (SSSR count). The monoisotopic (exact) mass is 796 g/mol. The molecule has 62 heavy (non-hydrogen) atoms. The number of fused-ring (bicyclic) bond motifs is 4. The normalized spacial score (nSPS) is 12.4. The van der Waals surface area contributed by atoms with Gasteiger partial charge >= 0.3 is 0 Å². The molecule has 2 heterocycles. The molecular formula is C58H40N2O2. The molecule has 294 valence electrons. The summed E-state index contributed by atoms with van der Waals surface area (Å²) in [6.07, 6.45) is 0. The molecule has 4 nitrogen and oxygen atoms in total. The van der Waals surface area contributed by atoms with Crippen LogP contribution in [0.4, 0.5) is 5.69 Å². The summed E-state index contributed by atoms with van der Waals surface area (Å²) in [7, 11) is 0. The van der Waals surface area contributed by atoms with Gasteiger partial charge in [-0.15, -0.1) is 0 Å². The third kappa shape index (κ3) is 5.83. The Labute approximate surface area is 360 Å². The Morgan fingerprint density at radius 3 is 1.26 bits per heavy atom. The minimum absolute atomic E-state index is 0.354. The van der Waals surface area contributed by atoms with Crippen molar-refractivity contribution in [1.82, 2.24) is 4.57 Å². The van der Waals surface area contributed by atoms with Gasteiger partial charge in [0.05, 0.1) is 33.5 Å². The van der Waals surface area contributed by atoms with Crippen molar-refractivity contribution in [3.63, 3.8) is 0 Å². The van der Waals surface area contributed by atoms with Crippen LogP contribution < -0.4 is 4.90 Å². The predicted molar refractivity (Wildman–Crippen MR) is 255 cm³/mol. The number of rotatable bonds is 7. The van der Waals surface area contributed by atoms with E-state index in [1.54, 1.807) is 6.07 Å². The van der Waals surface area contributed by atoms with Crippen LogP contribution in [-0.4, -0.2) is 16.4 Å². The van der Waals surface area contributed by atoms with Crippen LogP contribution in [0.25, 0.3) is 83.1 Å². The van der Waals surface area contributed by atoms with Gasteiger partial charge in [-0.2, -0.15) is 0 Å². The molecule has 1 aliphatic heterocycles. The van der Waals surface area contributed by atoms with E-state index in [-0.39, 0.29) is 11.8 Å². The number of imide groups is 1. The third-order valence-electron chi connectivity index (χ3n) is 12.4. The Morgan fingerprint density at radius 1 is 0.339 bits per heavy atom. The van der Waals surface area contributed by atoms with Gasteiger partial charge in [0.1, 0.15) is 0 Å². The topological polar surface area (TPSA) is 42.3 Å². The smallest absolute Gasteiger partial charge is 0.268 e. The van der Waals surface area contributed by atoms with Gasteiger partial charge in [0, 0.05) is 33.0 Å². The number of carbonyl (C=O) groups excluding carboxylic acids is 2. The zero-order valence-electron chi connectivity index (χ0n) is 34.3. The van der Waals surface area contributed by atoms with E-state index in [9.17, 15) is 0 Å². The number of nitrogens with zero attached hydrogens (tertiary/aromatic N) is 2. The van der Waals surface area contributed by atoms with E-state index in [2.05, 4.69) is 128 Å². The van der Waals surface area contributed by atoms with Gasteiger partial charge in [-0.05, 0) is 82.6 Å². The highest BCUT2D eigenvalue weighted by Crippen LogP contribution is 2.48. The van der Waals surface area contributed by atoms with Crippen molar-refractivity contribution in [1.29, 1.82) is 0 Å². The molecule has 0 saturated carbocycles. The Hall–Kier alpha value is -8.08. The van der Waals surface area contributed by atoms with E-state index in [1.807, 2.05) is 91.0 Å². The molecule has 0 unspecified atom stereocenters. The van der Waals surface area contributed by atoms with Crippen LogP contribution in [0.3, 0.4) is 0 Å². The Balaban J connectivity index is 1.22. The van der Waals surface area contributed by atoms with Crippen molar-refractivity contribution in [3.05, 3.63) is 229 Å². The van der Waals surface area contributed by atoms with E-state index < -0.39 is 0 Å². The van der Waals surface area contributed by atoms with Crippen LogP contribution in [0.5, 0.6) is 0 Å². The standard InChI is InChI=1S/C58H40N2O2/c1-37-19-12-14-27-43(37)45-29-16-31-47-48-32-17-30-46(44-28-15-13-20-38(44)2)55(48)59(54(45)47)52-34-18-33-49-53(52)58(62)60(57(49)61)56-50(40-23-8-4-9-24-40)35-42(39-21-6-3-7-22-39)36-51(56)41-25-10-5-11-26-41/h3-36H,1-2H3. The molecule has 10 aromatic rings. The van der Waals surface area contributed by atoms with Crippen LogP contribution in [0.15, 0.2) is 206 Å². The molecule has 2 amide bonds. The van der Waals surface area contributed by atoms with Gasteiger partial charge in [0.15, 0.2) is 0 Å². The summed E-state index contributed by atoms with van der Waals surface area (Å²) in [5, 5.41) is 2.13. The lowest BCUT2D eigenvalue weighted by molar-refractivity contribution is 0.0926. The lowest BCUT2D eigenvalue weighted by Gasteiger charge is -2.24. The molecule has 0 atom stereocenters. The van der Waals surface area contributed by atoms with Crippen LogP contribution in [0.2, 0.25) is 0 Å². The molecule has 1 aromatic heterocycles. The zero-order chi connectivity index (χ0) is 41.9. The van der Waals surface area contributed by atoms with Crippen LogP contribution >= 0.6 is 0 Å². The summed E-state index contributed by atoms with van der Waals surface area (Å²) >= 11 is 0. The SMILES string of the molecule is Cc1ccccc1-c1cccc2c3cccc(-c4ccccc4C)c3n(-c3cccc4c3C(=O)N(c3c(-c5ccccc5)cc(-c5ccccc5)cc3-c3ccccc3)C4=O)c12. The lowest BCUT2D eigenvalue weighted by Crippen LogP contribution is -2.30. The van der Waals surface area contributed by atoms with Crippen molar-refractivity contribution < 1.29 is 9.59 Å². The summed E-state index contributed by atoms with van der Waals surface area (Å²) in [6.45, 7) is 4.27. The van der Waals surface area contributed by atoms with E-state index in [4.69, 9.17) is 0 Å². The number of amides is 2. The van der Waals surface area contributed by atoms with Gasteiger partial charge in [-0.1, -0.05) is 182 Å². The number of aromatic nitrogens is 1. The van der Waals surface area contributed by atoms with Gasteiger partial charge in [0.25, 0.3) is 11.8 Å². The van der Waals surface area contributed by atoms with E-state index >= 15 is 9.59 Å². The van der Waals surface area contributed by atoms with Gasteiger partial charge in [-0.3, -0.25) is 9.59 Å². The van der Waals surface area contributed by atoms with Crippen molar-refractivity contribution in [2.24, 2.45) is 0 Å². The first-order valence-corrected chi connectivity index (χ1v) is 21.0. The quantitative estimate of drug-likeness (QED) is 0.151. The van der Waals surface area contributed by atoms with Crippen molar-refractivity contribution in [2.75, 3.05) is 4.90 Å². The second-order valence-electron chi connectivity index (χ2n) is 16.0.